The minimum Gasteiger partial charge on any atom is -0.309 e. The highest BCUT2D eigenvalue weighted by Crippen LogP contribution is 2.49. The van der Waals surface area contributed by atoms with Gasteiger partial charge in [-0.3, -0.25) is 0 Å². The Labute approximate surface area is 280 Å². The highest BCUT2D eigenvalue weighted by atomic mass is 15.2. The molecular weight excluding hydrogens is 581 g/mol. The van der Waals surface area contributed by atoms with E-state index < -0.39 is 0 Å². The van der Waals surface area contributed by atoms with Crippen molar-refractivity contribution in [3.63, 3.8) is 0 Å². The summed E-state index contributed by atoms with van der Waals surface area (Å²) in [5.41, 5.74) is 11.6. The number of hydrogen-bond donors (Lipinski definition) is 0. The maximum atomic E-state index is 2.49. The molecule has 0 N–H and O–H groups in total. The topological polar surface area (TPSA) is 8.17 Å². The van der Waals surface area contributed by atoms with Gasteiger partial charge in [-0.15, -0.1) is 0 Å². The van der Waals surface area contributed by atoms with Gasteiger partial charge >= 0.3 is 0 Å². The quantitative estimate of drug-likeness (QED) is 0.181. The molecule has 0 radical (unpaired) electrons. The molecule has 2 heteroatoms. The summed E-state index contributed by atoms with van der Waals surface area (Å²) in [7, 11) is 0. The SMILES string of the molecule is c1ccc(-c2ccccc2N(c2ccccc2-c2cccc3ccccc23)c2cccc3c2c2ccccc2n3-c2ccccc2)cc1. The molecule has 2 nitrogen and oxygen atoms in total. The van der Waals surface area contributed by atoms with Crippen molar-refractivity contribution in [2.24, 2.45) is 0 Å². The van der Waals surface area contributed by atoms with Crippen molar-refractivity contribution in [1.82, 2.24) is 4.57 Å². The smallest absolute Gasteiger partial charge is 0.0562 e. The van der Waals surface area contributed by atoms with Crippen LogP contribution in [-0.4, -0.2) is 4.57 Å². The largest absolute Gasteiger partial charge is 0.309 e. The maximum Gasteiger partial charge on any atom is 0.0562 e. The van der Waals surface area contributed by atoms with Gasteiger partial charge in [0.05, 0.1) is 28.1 Å². The van der Waals surface area contributed by atoms with Crippen LogP contribution in [0.4, 0.5) is 17.1 Å². The Morgan fingerprint density at radius 2 is 0.854 bits per heavy atom. The third kappa shape index (κ3) is 4.58. The van der Waals surface area contributed by atoms with E-state index >= 15 is 0 Å². The fourth-order valence-electron chi connectivity index (χ4n) is 7.32. The first-order chi connectivity index (χ1) is 23.9. The second-order valence-corrected chi connectivity index (χ2v) is 12.1. The number of rotatable bonds is 6. The molecule has 1 aromatic heterocycles. The van der Waals surface area contributed by atoms with Crippen LogP contribution in [0.5, 0.6) is 0 Å². The highest BCUT2D eigenvalue weighted by molar-refractivity contribution is 6.17. The van der Waals surface area contributed by atoms with Gasteiger partial charge in [0.25, 0.3) is 0 Å². The zero-order chi connectivity index (χ0) is 31.9. The minimum absolute atomic E-state index is 1.13. The lowest BCUT2D eigenvalue weighted by Crippen LogP contribution is -2.13. The second kappa shape index (κ2) is 11.8. The van der Waals surface area contributed by atoms with E-state index in [1.807, 2.05) is 0 Å². The van der Waals surface area contributed by atoms with Crippen LogP contribution in [0.3, 0.4) is 0 Å². The summed E-state index contributed by atoms with van der Waals surface area (Å²) in [5, 5.41) is 4.90. The summed E-state index contributed by atoms with van der Waals surface area (Å²) in [6, 6.07) is 69.9. The lowest BCUT2D eigenvalue weighted by molar-refractivity contribution is 1.18. The van der Waals surface area contributed by atoms with Crippen LogP contribution in [0.15, 0.2) is 194 Å². The fraction of sp³-hybridized carbons (Fsp3) is 0. The van der Waals surface area contributed by atoms with Gasteiger partial charge in [-0.2, -0.15) is 0 Å². The number of fused-ring (bicyclic) bond motifs is 4. The summed E-state index contributed by atoms with van der Waals surface area (Å²) in [5.74, 6) is 0. The molecule has 0 atom stereocenters. The number of nitrogens with zero attached hydrogens (tertiary/aromatic N) is 2. The standard InChI is InChI=1S/C46H32N2/c1-3-17-34(18-4-1)37-24-9-12-28-41(37)48(42-29-13-10-25-39(42)38-27-15-20-33-19-7-8-23-36(33)38)45-32-16-31-44-46(45)40-26-11-14-30-43(40)47(44)35-21-5-2-6-22-35/h1-32H. The molecule has 0 saturated heterocycles. The average Bonchev–Trinajstić information content (AvgIpc) is 3.51. The van der Waals surface area contributed by atoms with Gasteiger partial charge in [0, 0.05) is 27.6 Å². The van der Waals surface area contributed by atoms with Crippen LogP contribution in [0, 0.1) is 0 Å². The van der Waals surface area contributed by atoms with Crippen molar-refractivity contribution < 1.29 is 0 Å². The molecule has 0 aliphatic heterocycles. The van der Waals surface area contributed by atoms with Crippen molar-refractivity contribution in [3.05, 3.63) is 194 Å². The van der Waals surface area contributed by atoms with Crippen LogP contribution in [0.2, 0.25) is 0 Å². The lowest BCUT2D eigenvalue weighted by atomic mass is 9.95. The molecule has 0 bridgehead atoms. The van der Waals surface area contributed by atoms with E-state index in [1.165, 1.54) is 54.8 Å². The summed E-state index contributed by atoms with van der Waals surface area (Å²) >= 11 is 0. The number of para-hydroxylation sites is 4. The van der Waals surface area contributed by atoms with Gasteiger partial charge in [-0.25, -0.2) is 0 Å². The van der Waals surface area contributed by atoms with Crippen LogP contribution < -0.4 is 4.90 Å². The Morgan fingerprint density at radius 1 is 0.333 bits per heavy atom. The van der Waals surface area contributed by atoms with E-state index in [0.29, 0.717) is 0 Å². The number of aromatic nitrogens is 1. The first kappa shape index (κ1) is 27.9. The molecule has 8 aromatic carbocycles. The molecule has 9 aromatic rings. The fourth-order valence-corrected chi connectivity index (χ4v) is 7.32. The molecule has 0 spiro atoms. The minimum atomic E-state index is 1.13. The van der Waals surface area contributed by atoms with Gasteiger partial charge in [-0.05, 0) is 64.4 Å². The molecule has 0 fully saturated rings. The average molecular weight is 613 g/mol. The van der Waals surface area contributed by atoms with Gasteiger partial charge in [0.1, 0.15) is 0 Å². The molecule has 1 heterocycles. The Morgan fingerprint density at radius 3 is 1.67 bits per heavy atom. The zero-order valence-corrected chi connectivity index (χ0v) is 26.4. The molecule has 0 amide bonds. The predicted molar refractivity (Wildman–Crippen MR) is 204 cm³/mol. The molecule has 9 rings (SSSR count). The van der Waals surface area contributed by atoms with Crippen molar-refractivity contribution in [2.45, 2.75) is 0 Å². The Kier molecular flexibility index (Phi) is 6.84. The monoisotopic (exact) mass is 612 g/mol. The first-order valence-electron chi connectivity index (χ1n) is 16.5. The lowest BCUT2D eigenvalue weighted by Gasteiger charge is -2.31. The van der Waals surface area contributed by atoms with E-state index in [4.69, 9.17) is 0 Å². The van der Waals surface area contributed by atoms with Gasteiger partial charge in [0.2, 0.25) is 0 Å². The Balaban J connectivity index is 1.41. The van der Waals surface area contributed by atoms with E-state index in [-0.39, 0.29) is 0 Å². The summed E-state index contributed by atoms with van der Waals surface area (Å²) in [4.78, 5) is 2.49. The van der Waals surface area contributed by atoms with E-state index in [1.54, 1.807) is 0 Å². The molecule has 0 aliphatic carbocycles. The van der Waals surface area contributed by atoms with Gasteiger partial charge in [-0.1, -0.05) is 152 Å². The third-order valence-corrected chi connectivity index (χ3v) is 9.39. The normalized spacial score (nSPS) is 11.3. The Bertz CT molecular complexity index is 2560. The summed E-state index contributed by atoms with van der Waals surface area (Å²) in [6.07, 6.45) is 0. The third-order valence-electron chi connectivity index (χ3n) is 9.39. The molecule has 0 aliphatic rings. The van der Waals surface area contributed by atoms with Crippen molar-refractivity contribution in [3.8, 4) is 27.9 Å². The van der Waals surface area contributed by atoms with E-state index in [2.05, 4.69) is 204 Å². The zero-order valence-electron chi connectivity index (χ0n) is 26.4. The summed E-state index contributed by atoms with van der Waals surface area (Å²) in [6.45, 7) is 0. The van der Waals surface area contributed by atoms with Gasteiger partial charge in [0.15, 0.2) is 0 Å². The second-order valence-electron chi connectivity index (χ2n) is 12.1. The highest BCUT2D eigenvalue weighted by Gasteiger charge is 2.25. The summed E-state index contributed by atoms with van der Waals surface area (Å²) < 4.78 is 2.39. The van der Waals surface area contributed by atoms with Crippen LogP contribution in [0.1, 0.15) is 0 Å². The molecule has 226 valence electrons. The van der Waals surface area contributed by atoms with Gasteiger partial charge < -0.3 is 9.47 Å². The maximum absolute atomic E-state index is 2.49. The van der Waals surface area contributed by atoms with E-state index in [9.17, 15) is 0 Å². The molecule has 48 heavy (non-hydrogen) atoms. The predicted octanol–water partition coefficient (Wildman–Crippen LogP) is 12.7. The number of hydrogen-bond acceptors (Lipinski definition) is 1. The first-order valence-corrected chi connectivity index (χ1v) is 16.5. The molecule has 0 unspecified atom stereocenters. The number of anilines is 3. The van der Waals surface area contributed by atoms with Crippen molar-refractivity contribution >= 4 is 49.6 Å². The van der Waals surface area contributed by atoms with E-state index in [0.717, 1.165) is 22.7 Å². The molecular formula is C46H32N2. The van der Waals surface area contributed by atoms with Crippen LogP contribution in [0.25, 0.3) is 60.5 Å². The van der Waals surface area contributed by atoms with Crippen molar-refractivity contribution in [2.75, 3.05) is 4.90 Å². The van der Waals surface area contributed by atoms with Crippen LogP contribution >= 0.6 is 0 Å². The molecule has 0 saturated carbocycles. The Hall–Kier alpha value is -6.38. The number of benzene rings is 8. The van der Waals surface area contributed by atoms with Crippen LogP contribution in [-0.2, 0) is 0 Å². The van der Waals surface area contributed by atoms with Crippen molar-refractivity contribution in [1.29, 1.82) is 0 Å².